The van der Waals surface area contributed by atoms with E-state index in [9.17, 15) is 14.7 Å². The normalized spacial score (nSPS) is 17.6. The molecule has 5 heteroatoms. The molecule has 162 valence electrons. The van der Waals surface area contributed by atoms with Crippen LogP contribution >= 0.6 is 0 Å². The van der Waals surface area contributed by atoms with Crippen LogP contribution in [0.4, 0.5) is 5.69 Å². The Morgan fingerprint density at radius 2 is 1.62 bits per heavy atom. The minimum absolute atomic E-state index is 0.0605. The Morgan fingerprint density at radius 1 is 0.906 bits per heavy atom. The maximum absolute atomic E-state index is 13.2. The van der Waals surface area contributed by atoms with Gasteiger partial charge in [-0.2, -0.15) is 0 Å². The van der Waals surface area contributed by atoms with E-state index in [1.807, 2.05) is 57.2 Å². The van der Waals surface area contributed by atoms with Crippen LogP contribution < -0.4 is 9.64 Å². The predicted molar refractivity (Wildman–Crippen MR) is 125 cm³/mol. The lowest BCUT2D eigenvalue weighted by Crippen LogP contribution is -2.29. The monoisotopic (exact) mass is 427 g/mol. The largest absolute Gasteiger partial charge is 0.507 e. The van der Waals surface area contributed by atoms with Gasteiger partial charge in [0.25, 0.3) is 11.7 Å². The topological polar surface area (TPSA) is 66.8 Å². The van der Waals surface area contributed by atoms with Crippen LogP contribution in [0, 0.1) is 20.8 Å². The zero-order valence-electron chi connectivity index (χ0n) is 18.5. The number of hydrogen-bond donors (Lipinski definition) is 1. The van der Waals surface area contributed by atoms with Gasteiger partial charge in [0.2, 0.25) is 0 Å². The number of carbonyl (C=O) groups excluding carboxylic acids is 2. The SMILES string of the molecule is COc1cccc(C2/C(=C(\O)c3ccc(C)cc3)C(=O)C(=O)N2c2ccc(C)c(C)c2)c1. The fourth-order valence-corrected chi connectivity index (χ4v) is 3.97. The van der Waals surface area contributed by atoms with Crippen LogP contribution in [-0.2, 0) is 9.59 Å². The van der Waals surface area contributed by atoms with Crippen LogP contribution in [0.15, 0.2) is 72.3 Å². The van der Waals surface area contributed by atoms with Gasteiger partial charge in [0.15, 0.2) is 0 Å². The molecule has 32 heavy (non-hydrogen) atoms. The Morgan fingerprint density at radius 3 is 2.28 bits per heavy atom. The number of Topliss-reactive ketones (excluding diaryl/α,β-unsaturated/α-hetero) is 1. The molecule has 0 spiro atoms. The molecule has 1 atom stereocenters. The quantitative estimate of drug-likeness (QED) is 0.351. The molecule has 3 aromatic carbocycles. The number of rotatable bonds is 4. The number of ether oxygens (including phenoxy) is 1. The van der Waals surface area contributed by atoms with Crippen molar-refractivity contribution >= 4 is 23.1 Å². The van der Waals surface area contributed by atoms with Crippen molar-refractivity contribution in [3.05, 3.63) is 100 Å². The second-order valence-corrected chi connectivity index (χ2v) is 8.08. The lowest BCUT2D eigenvalue weighted by Gasteiger charge is -2.26. The van der Waals surface area contributed by atoms with Crippen molar-refractivity contribution in [3.8, 4) is 5.75 Å². The van der Waals surface area contributed by atoms with Gasteiger partial charge < -0.3 is 9.84 Å². The third-order valence-corrected chi connectivity index (χ3v) is 5.95. The molecule has 1 N–H and O–H groups in total. The molecule has 0 aliphatic carbocycles. The summed E-state index contributed by atoms with van der Waals surface area (Å²) in [7, 11) is 1.56. The first-order valence-electron chi connectivity index (χ1n) is 10.4. The zero-order valence-corrected chi connectivity index (χ0v) is 18.5. The molecule has 1 aliphatic rings. The van der Waals surface area contributed by atoms with Gasteiger partial charge in [-0.3, -0.25) is 14.5 Å². The molecule has 1 amide bonds. The van der Waals surface area contributed by atoms with E-state index in [1.54, 1.807) is 37.4 Å². The number of amides is 1. The van der Waals surface area contributed by atoms with E-state index in [4.69, 9.17) is 4.74 Å². The van der Waals surface area contributed by atoms with Gasteiger partial charge in [-0.25, -0.2) is 0 Å². The van der Waals surface area contributed by atoms with E-state index in [1.165, 1.54) is 4.90 Å². The molecular weight excluding hydrogens is 402 g/mol. The Hall–Kier alpha value is -3.86. The highest BCUT2D eigenvalue weighted by Crippen LogP contribution is 2.43. The Bertz CT molecular complexity index is 1240. The first kappa shape index (κ1) is 21.4. The molecule has 1 unspecified atom stereocenters. The summed E-state index contributed by atoms with van der Waals surface area (Å²) in [6, 6.07) is 19.3. The number of benzene rings is 3. The molecule has 5 nitrogen and oxygen atoms in total. The second-order valence-electron chi connectivity index (χ2n) is 8.08. The third kappa shape index (κ3) is 3.66. The maximum Gasteiger partial charge on any atom is 0.300 e. The van der Waals surface area contributed by atoms with Crippen molar-refractivity contribution in [2.75, 3.05) is 12.0 Å². The number of hydrogen-bond acceptors (Lipinski definition) is 4. The van der Waals surface area contributed by atoms with Crippen LogP contribution in [0.5, 0.6) is 5.75 Å². The number of carbonyl (C=O) groups is 2. The fraction of sp³-hybridized carbons (Fsp3) is 0.185. The maximum atomic E-state index is 13.2. The highest BCUT2D eigenvalue weighted by atomic mass is 16.5. The van der Waals surface area contributed by atoms with Crippen LogP contribution in [0.3, 0.4) is 0 Å². The van der Waals surface area contributed by atoms with Gasteiger partial charge in [0.1, 0.15) is 11.5 Å². The van der Waals surface area contributed by atoms with Crippen molar-refractivity contribution in [2.45, 2.75) is 26.8 Å². The number of methoxy groups -OCH3 is 1. The smallest absolute Gasteiger partial charge is 0.300 e. The fourth-order valence-electron chi connectivity index (χ4n) is 3.97. The van der Waals surface area contributed by atoms with E-state index in [0.29, 0.717) is 22.6 Å². The van der Waals surface area contributed by atoms with Crippen molar-refractivity contribution in [1.29, 1.82) is 0 Å². The lowest BCUT2D eigenvalue weighted by molar-refractivity contribution is -0.132. The Labute approximate surface area is 187 Å². The highest BCUT2D eigenvalue weighted by Gasteiger charge is 2.47. The van der Waals surface area contributed by atoms with Crippen LogP contribution in [0.1, 0.15) is 33.9 Å². The summed E-state index contributed by atoms with van der Waals surface area (Å²) in [5, 5.41) is 11.2. The Balaban J connectivity index is 1.96. The van der Waals surface area contributed by atoms with Gasteiger partial charge in [-0.05, 0) is 61.7 Å². The molecule has 0 bridgehead atoms. The van der Waals surface area contributed by atoms with Crippen LogP contribution in [0.25, 0.3) is 5.76 Å². The molecular formula is C27H25NO4. The molecule has 3 aromatic rings. The lowest BCUT2D eigenvalue weighted by atomic mass is 9.94. The predicted octanol–water partition coefficient (Wildman–Crippen LogP) is 5.25. The van der Waals surface area contributed by atoms with Crippen LogP contribution in [-0.4, -0.2) is 23.9 Å². The van der Waals surface area contributed by atoms with E-state index < -0.39 is 17.7 Å². The molecule has 1 saturated heterocycles. The number of anilines is 1. The molecule has 0 saturated carbocycles. The molecule has 1 fully saturated rings. The van der Waals surface area contributed by atoms with Gasteiger partial charge in [-0.1, -0.05) is 48.0 Å². The zero-order chi connectivity index (χ0) is 23.0. The average molecular weight is 428 g/mol. The minimum atomic E-state index is -0.784. The summed E-state index contributed by atoms with van der Waals surface area (Å²) in [4.78, 5) is 27.9. The molecule has 1 aliphatic heterocycles. The number of aliphatic hydroxyl groups is 1. The van der Waals surface area contributed by atoms with Crippen molar-refractivity contribution in [1.82, 2.24) is 0 Å². The third-order valence-electron chi connectivity index (χ3n) is 5.95. The summed E-state index contributed by atoms with van der Waals surface area (Å²) in [5.41, 5.74) is 4.95. The number of aryl methyl sites for hydroxylation is 3. The summed E-state index contributed by atoms with van der Waals surface area (Å²) in [6.07, 6.45) is 0. The molecule has 0 aromatic heterocycles. The van der Waals surface area contributed by atoms with Gasteiger partial charge in [0, 0.05) is 11.3 Å². The van der Waals surface area contributed by atoms with Gasteiger partial charge in [0.05, 0.1) is 18.7 Å². The van der Waals surface area contributed by atoms with Gasteiger partial charge in [-0.15, -0.1) is 0 Å². The highest BCUT2D eigenvalue weighted by molar-refractivity contribution is 6.51. The van der Waals surface area contributed by atoms with Crippen molar-refractivity contribution < 1.29 is 19.4 Å². The molecule has 1 heterocycles. The van der Waals surface area contributed by atoms with E-state index in [0.717, 1.165) is 16.7 Å². The number of nitrogens with zero attached hydrogens (tertiary/aromatic N) is 1. The summed E-state index contributed by atoms with van der Waals surface area (Å²) in [6.45, 7) is 5.89. The van der Waals surface area contributed by atoms with E-state index >= 15 is 0 Å². The second kappa shape index (κ2) is 8.35. The number of aliphatic hydroxyl groups excluding tert-OH is 1. The Kier molecular flexibility index (Phi) is 5.57. The van der Waals surface area contributed by atoms with Crippen molar-refractivity contribution in [3.63, 3.8) is 0 Å². The minimum Gasteiger partial charge on any atom is -0.507 e. The summed E-state index contributed by atoms with van der Waals surface area (Å²) >= 11 is 0. The standard InChI is InChI=1S/C27H25NO4/c1-16-8-11-19(12-9-16)25(29)23-24(20-6-5-7-22(15-20)32-4)28(27(31)26(23)30)21-13-10-17(2)18(3)14-21/h5-15,24,29H,1-4H3/b25-23+. The van der Waals surface area contributed by atoms with Crippen molar-refractivity contribution in [2.24, 2.45) is 0 Å². The van der Waals surface area contributed by atoms with Gasteiger partial charge >= 0.3 is 0 Å². The molecule has 4 rings (SSSR count). The summed E-state index contributed by atoms with van der Waals surface area (Å²) in [5.74, 6) is -0.977. The van der Waals surface area contributed by atoms with E-state index in [-0.39, 0.29) is 11.3 Å². The van der Waals surface area contributed by atoms with E-state index in [2.05, 4.69) is 0 Å². The summed E-state index contributed by atoms with van der Waals surface area (Å²) < 4.78 is 5.37. The number of ketones is 1. The first-order chi connectivity index (χ1) is 15.3. The first-order valence-corrected chi connectivity index (χ1v) is 10.4. The van der Waals surface area contributed by atoms with Crippen LogP contribution in [0.2, 0.25) is 0 Å². The average Bonchev–Trinajstić information content (AvgIpc) is 3.06. The molecule has 0 radical (unpaired) electrons.